The fourth-order valence-electron chi connectivity index (χ4n) is 4.37. The van der Waals surface area contributed by atoms with E-state index in [4.69, 9.17) is 11.6 Å². The third-order valence-corrected chi connectivity index (χ3v) is 7.40. The number of rotatable bonds is 7. The van der Waals surface area contributed by atoms with Crippen LogP contribution >= 0.6 is 11.6 Å². The molecule has 1 aliphatic carbocycles. The first-order valence-electron chi connectivity index (χ1n) is 12.2. The fourth-order valence-corrected chi connectivity index (χ4v) is 4.68. The van der Waals surface area contributed by atoms with E-state index in [1.807, 2.05) is 20.9 Å². The molecule has 38 heavy (non-hydrogen) atoms. The Morgan fingerprint density at radius 1 is 1.18 bits per heavy atom. The van der Waals surface area contributed by atoms with Crippen molar-refractivity contribution < 1.29 is 18.0 Å². The molecule has 1 amide bonds. The average molecular weight is 543 g/mol. The zero-order valence-electron chi connectivity index (χ0n) is 21.1. The monoisotopic (exact) mass is 542 g/mol. The SMILES string of the molecule is Cc1ccc(C(=O)Nc2cc(CCC3CC3)c(Cl)c(C(F)(F)F)c2)cc1-n1cc(-c2cnn(C)c2C)nn1. The highest BCUT2D eigenvalue weighted by atomic mass is 35.5. The van der Waals surface area contributed by atoms with Crippen LogP contribution in [0, 0.1) is 19.8 Å². The summed E-state index contributed by atoms with van der Waals surface area (Å²) in [6, 6.07) is 7.42. The van der Waals surface area contributed by atoms with Crippen LogP contribution in [-0.2, 0) is 19.6 Å². The van der Waals surface area contributed by atoms with Gasteiger partial charge in [-0.2, -0.15) is 18.3 Å². The lowest BCUT2D eigenvalue weighted by molar-refractivity contribution is -0.137. The molecule has 0 radical (unpaired) electrons. The molecule has 1 fully saturated rings. The number of alkyl halides is 3. The lowest BCUT2D eigenvalue weighted by atomic mass is 10.0. The number of aryl methyl sites for hydroxylation is 3. The van der Waals surface area contributed by atoms with E-state index in [0.29, 0.717) is 29.3 Å². The van der Waals surface area contributed by atoms with Crippen LogP contribution in [0.15, 0.2) is 42.7 Å². The summed E-state index contributed by atoms with van der Waals surface area (Å²) in [5.41, 5.74) is 3.61. The smallest absolute Gasteiger partial charge is 0.322 e. The quantitative estimate of drug-likeness (QED) is 0.287. The molecule has 11 heteroatoms. The molecule has 5 rings (SSSR count). The maximum atomic E-state index is 13.7. The minimum absolute atomic E-state index is 0.0507. The van der Waals surface area contributed by atoms with Crippen molar-refractivity contribution in [2.75, 3.05) is 5.32 Å². The van der Waals surface area contributed by atoms with E-state index in [1.54, 1.807) is 40.0 Å². The third-order valence-electron chi connectivity index (χ3n) is 6.95. The highest BCUT2D eigenvalue weighted by Crippen LogP contribution is 2.40. The second-order valence-corrected chi connectivity index (χ2v) is 10.1. The molecule has 0 bridgehead atoms. The number of hydrogen-bond acceptors (Lipinski definition) is 4. The Bertz CT molecular complexity index is 1520. The van der Waals surface area contributed by atoms with Gasteiger partial charge in [-0.3, -0.25) is 9.48 Å². The van der Waals surface area contributed by atoms with Crippen molar-refractivity contribution in [1.29, 1.82) is 0 Å². The molecule has 0 unspecified atom stereocenters. The van der Waals surface area contributed by atoms with Gasteiger partial charge in [0, 0.05) is 29.6 Å². The maximum absolute atomic E-state index is 13.7. The van der Waals surface area contributed by atoms with E-state index in [9.17, 15) is 18.0 Å². The van der Waals surface area contributed by atoms with Gasteiger partial charge < -0.3 is 5.32 Å². The molecule has 4 aromatic rings. The third kappa shape index (κ3) is 5.31. The molecule has 0 atom stereocenters. The van der Waals surface area contributed by atoms with Crippen LogP contribution in [0.5, 0.6) is 0 Å². The summed E-state index contributed by atoms with van der Waals surface area (Å²) in [5.74, 6) is -0.0118. The second kappa shape index (κ2) is 9.90. The average Bonchev–Trinajstić information content (AvgIpc) is 3.47. The standard InChI is InChI=1S/C27H26ClF3N6O/c1-15-4-8-19(11-24(15)37-14-23(34-35-37)21-13-32-36(3)16(21)2)26(38)33-20-10-18(9-7-17-5-6-17)25(28)22(12-20)27(29,30)31/h4,8,10-14,17H,5-7,9H2,1-3H3,(H,33,38). The zero-order chi connectivity index (χ0) is 27.2. The van der Waals surface area contributed by atoms with Gasteiger partial charge in [-0.05, 0) is 68.0 Å². The van der Waals surface area contributed by atoms with Crippen molar-refractivity contribution in [3.8, 4) is 16.9 Å². The highest BCUT2D eigenvalue weighted by molar-refractivity contribution is 6.32. The number of anilines is 1. The van der Waals surface area contributed by atoms with Crippen LogP contribution in [-0.4, -0.2) is 30.7 Å². The summed E-state index contributed by atoms with van der Waals surface area (Å²) in [6.45, 7) is 3.80. The normalized spacial score (nSPS) is 13.7. The molecule has 2 heterocycles. The van der Waals surface area contributed by atoms with Crippen LogP contribution in [0.1, 0.15) is 52.0 Å². The summed E-state index contributed by atoms with van der Waals surface area (Å²) in [4.78, 5) is 13.1. The summed E-state index contributed by atoms with van der Waals surface area (Å²) in [5, 5.41) is 15.0. The first kappa shape index (κ1) is 26.0. The van der Waals surface area contributed by atoms with Crippen molar-refractivity contribution in [2.45, 2.75) is 45.7 Å². The number of nitrogens with zero attached hydrogens (tertiary/aromatic N) is 5. The van der Waals surface area contributed by atoms with Crippen molar-refractivity contribution in [2.24, 2.45) is 13.0 Å². The number of halogens is 4. The van der Waals surface area contributed by atoms with Crippen molar-refractivity contribution in [1.82, 2.24) is 24.8 Å². The molecule has 1 N–H and O–H groups in total. The number of carbonyl (C=O) groups is 1. The van der Waals surface area contributed by atoms with E-state index in [2.05, 4.69) is 20.7 Å². The number of carbonyl (C=O) groups excluding carboxylic acids is 1. The Labute approximate surface area is 222 Å². The molecular formula is C27H26ClF3N6O. The molecule has 2 aromatic carbocycles. The van der Waals surface area contributed by atoms with E-state index in [1.165, 1.54) is 6.07 Å². The van der Waals surface area contributed by atoms with Crippen LogP contribution in [0.2, 0.25) is 5.02 Å². The molecule has 2 aromatic heterocycles. The summed E-state index contributed by atoms with van der Waals surface area (Å²) in [6.07, 6.45) is 2.19. The second-order valence-electron chi connectivity index (χ2n) is 9.75. The van der Waals surface area contributed by atoms with Crippen LogP contribution in [0.3, 0.4) is 0 Å². The predicted octanol–water partition coefficient (Wildman–Crippen LogP) is 6.55. The Kier molecular flexibility index (Phi) is 6.77. The Balaban J connectivity index is 1.42. The van der Waals surface area contributed by atoms with Gasteiger partial charge in [-0.1, -0.05) is 35.7 Å². The van der Waals surface area contributed by atoms with Crippen molar-refractivity contribution in [3.05, 3.63) is 75.7 Å². The van der Waals surface area contributed by atoms with Gasteiger partial charge in [-0.25, -0.2) is 4.68 Å². The molecule has 1 aliphatic rings. The van der Waals surface area contributed by atoms with Crippen molar-refractivity contribution in [3.63, 3.8) is 0 Å². The summed E-state index contributed by atoms with van der Waals surface area (Å²) in [7, 11) is 1.84. The molecular weight excluding hydrogens is 517 g/mol. The number of hydrogen-bond donors (Lipinski definition) is 1. The molecule has 0 spiro atoms. The fraction of sp³-hybridized carbons (Fsp3) is 0.333. The largest absolute Gasteiger partial charge is 0.417 e. The molecule has 0 saturated heterocycles. The lowest BCUT2D eigenvalue weighted by Crippen LogP contribution is -2.15. The highest BCUT2D eigenvalue weighted by Gasteiger charge is 2.35. The minimum atomic E-state index is -4.64. The van der Waals surface area contributed by atoms with E-state index in [-0.39, 0.29) is 16.3 Å². The minimum Gasteiger partial charge on any atom is -0.322 e. The summed E-state index contributed by atoms with van der Waals surface area (Å²) < 4.78 is 44.4. The first-order valence-corrected chi connectivity index (χ1v) is 12.6. The maximum Gasteiger partial charge on any atom is 0.417 e. The van der Waals surface area contributed by atoms with E-state index >= 15 is 0 Å². The zero-order valence-corrected chi connectivity index (χ0v) is 21.9. The van der Waals surface area contributed by atoms with Gasteiger partial charge in [0.05, 0.1) is 28.7 Å². The number of benzene rings is 2. The number of aromatic nitrogens is 5. The molecule has 1 saturated carbocycles. The lowest BCUT2D eigenvalue weighted by Gasteiger charge is -2.16. The Morgan fingerprint density at radius 3 is 2.61 bits per heavy atom. The molecule has 7 nitrogen and oxygen atoms in total. The van der Waals surface area contributed by atoms with E-state index in [0.717, 1.165) is 42.1 Å². The van der Waals surface area contributed by atoms with Gasteiger partial charge in [-0.15, -0.1) is 5.10 Å². The Morgan fingerprint density at radius 2 is 1.95 bits per heavy atom. The van der Waals surface area contributed by atoms with Crippen molar-refractivity contribution >= 4 is 23.2 Å². The Hall–Kier alpha value is -3.66. The van der Waals surface area contributed by atoms with Crippen LogP contribution in [0.4, 0.5) is 18.9 Å². The van der Waals surface area contributed by atoms with Gasteiger partial charge >= 0.3 is 6.18 Å². The topological polar surface area (TPSA) is 77.6 Å². The first-order chi connectivity index (χ1) is 18.0. The molecule has 198 valence electrons. The summed E-state index contributed by atoms with van der Waals surface area (Å²) >= 11 is 6.13. The van der Waals surface area contributed by atoms with Crippen LogP contribution < -0.4 is 5.32 Å². The molecule has 0 aliphatic heterocycles. The number of amides is 1. The van der Waals surface area contributed by atoms with Gasteiger partial charge in [0.1, 0.15) is 5.69 Å². The number of nitrogens with one attached hydrogen (secondary N) is 1. The van der Waals surface area contributed by atoms with E-state index < -0.39 is 17.6 Å². The van der Waals surface area contributed by atoms with Gasteiger partial charge in [0.15, 0.2) is 0 Å². The van der Waals surface area contributed by atoms with Gasteiger partial charge in [0.2, 0.25) is 0 Å². The van der Waals surface area contributed by atoms with Crippen LogP contribution in [0.25, 0.3) is 16.9 Å². The predicted molar refractivity (Wildman–Crippen MR) is 138 cm³/mol. The van der Waals surface area contributed by atoms with Gasteiger partial charge in [0.25, 0.3) is 5.91 Å².